The normalized spacial score (nSPS) is 9.83. The highest BCUT2D eigenvalue weighted by Gasteiger charge is 2.06. The van der Waals surface area contributed by atoms with Gasteiger partial charge in [-0.05, 0) is 12.1 Å². The molecule has 0 unspecified atom stereocenters. The molecule has 0 aliphatic heterocycles. The highest BCUT2D eigenvalue weighted by atomic mass is 19.1. The molecule has 0 atom stereocenters. The Labute approximate surface area is 101 Å². The van der Waals surface area contributed by atoms with Crippen LogP contribution in [0.4, 0.5) is 8.78 Å². The number of aromatic nitrogens is 2. The van der Waals surface area contributed by atoms with Gasteiger partial charge in [-0.3, -0.25) is 0 Å². The van der Waals surface area contributed by atoms with Crippen LogP contribution in [0.1, 0.15) is 11.1 Å². The fourth-order valence-corrected chi connectivity index (χ4v) is 1.22. The Morgan fingerprint density at radius 2 is 2.22 bits per heavy atom. The van der Waals surface area contributed by atoms with Gasteiger partial charge in [-0.2, -0.15) is 10.2 Å². The lowest BCUT2D eigenvalue weighted by atomic mass is 10.1. The molecule has 0 aliphatic carbocycles. The summed E-state index contributed by atoms with van der Waals surface area (Å²) in [6, 6.07) is 5.74. The predicted molar refractivity (Wildman–Crippen MR) is 56.3 cm³/mol. The molecule has 89 valence electrons. The van der Waals surface area contributed by atoms with E-state index in [0.717, 1.165) is 12.3 Å². The summed E-state index contributed by atoms with van der Waals surface area (Å²) in [6.45, 7) is -0.114. The Kier molecular flexibility index (Phi) is 3.44. The van der Waals surface area contributed by atoms with Gasteiger partial charge in [-0.25, -0.2) is 13.8 Å². The molecule has 18 heavy (non-hydrogen) atoms. The lowest BCUT2D eigenvalue weighted by Crippen LogP contribution is -2.02. The van der Waals surface area contributed by atoms with E-state index in [-0.39, 0.29) is 23.7 Å². The second kappa shape index (κ2) is 5.19. The maximum atomic E-state index is 13.5. The molecule has 0 N–H and O–H groups in total. The van der Waals surface area contributed by atoms with E-state index in [1.54, 1.807) is 0 Å². The van der Waals surface area contributed by atoms with E-state index < -0.39 is 11.6 Å². The summed E-state index contributed by atoms with van der Waals surface area (Å²) >= 11 is 0. The number of hydrogen-bond donors (Lipinski definition) is 0. The number of nitriles is 1. The monoisotopic (exact) mass is 246 g/mol. The van der Waals surface area contributed by atoms with Crippen LogP contribution in [0.5, 0.6) is 6.01 Å². The highest BCUT2D eigenvalue weighted by Crippen LogP contribution is 2.12. The van der Waals surface area contributed by atoms with Crippen molar-refractivity contribution in [3.63, 3.8) is 0 Å². The van der Waals surface area contributed by atoms with Gasteiger partial charge in [-0.15, -0.1) is 0 Å². The number of hydrogen-bond acceptors (Lipinski definition) is 4. The Bertz CT molecular complexity index is 593. The molecule has 1 heterocycles. The third-order valence-corrected chi connectivity index (χ3v) is 2.09. The van der Waals surface area contributed by atoms with Gasteiger partial charge in [0.15, 0.2) is 5.82 Å². The Morgan fingerprint density at radius 3 is 2.83 bits per heavy atom. The van der Waals surface area contributed by atoms with Crippen LogP contribution in [0.2, 0.25) is 0 Å². The summed E-state index contributed by atoms with van der Waals surface area (Å²) < 4.78 is 31.0. The first kappa shape index (κ1) is 11.9. The van der Waals surface area contributed by atoms with Gasteiger partial charge in [0.25, 0.3) is 0 Å². The van der Waals surface area contributed by atoms with Crippen molar-refractivity contribution in [1.82, 2.24) is 9.97 Å². The van der Waals surface area contributed by atoms with Crippen molar-refractivity contribution in [3.8, 4) is 12.1 Å². The van der Waals surface area contributed by atoms with E-state index >= 15 is 0 Å². The summed E-state index contributed by atoms with van der Waals surface area (Å²) in [7, 11) is 0. The number of rotatable bonds is 3. The Balaban J connectivity index is 2.06. The van der Waals surface area contributed by atoms with Crippen LogP contribution < -0.4 is 4.74 Å². The lowest BCUT2D eigenvalue weighted by Gasteiger charge is -2.05. The van der Waals surface area contributed by atoms with Crippen LogP contribution in [0.3, 0.4) is 0 Å². The average Bonchev–Trinajstić information content (AvgIpc) is 2.39. The third kappa shape index (κ3) is 2.77. The molecule has 0 fully saturated rings. The molecule has 2 aromatic rings. The van der Waals surface area contributed by atoms with E-state index in [9.17, 15) is 8.78 Å². The van der Waals surface area contributed by atoms with E-state index in [0.29, 0.717) is 0 Å². The smallest absolute Gasteiger partial charge is 0.317 e. The number of benzene rings is 1. The predicted octanol–water partition coefficient (Wildman–Crippen LogP) is 2.01. The number of ether oxygens (including phenoxy) is 1. The number of nitrogens with zero attached hydrogens (tertiary/aromatic N) is 3. The summed E-state index contributed by atoms with van der Waals surface area (Å²) in [5.41, 5.74) is 0.476. The largest absolute Gasteiger partial charge is 0.458 e. The van der Waals surface area contributed by atoms with Gasteiger partial charge in [-0.1, -0.05) is 6.07 Å². The Hall–Kier alpha value is -2.55. The van der Waals surface area contributed by atoms with Gasteiger partial charge in [0, 0.05) is 5.56 Å². The fourth-order valence-electron chi connectivity index (χ4n) is 1.22. The van der Waals surface area contributed by atoms with Crippen LogP contribution in [-0.2, 0) is 6.61 Å². The topological polar surface area (TPSA) is 58.8 Å². The first-order valence-corrected chi connectivity index (χ1v) is 4.90. The summed E-state index contributed by atoms with van der Waals surface area (Å²) in [5, 5.41) is 8.58. The molecule has 2 rings (SSSR count). The van der Waals surface area contributed by atoms with Crippen LogP contribution in [0.25, 0.3) is 0 Å². The highest BCUT2D eigenvalue weighted by molar-refractivity contribution is 5.32. The lowest BCUT2D eigenvalue weighted by molar-refractivity contribution is 0.273. The van der Waals surface area contributed by atoms with Crippen LogP contribution in [-0.4, -0.2) is 9.97 Å². The molecule has 4 nitrogen and oxygen atoms in total. The molecule has 1 aromatic carbocycles. The average molecular weight is 246 g/mol. The SMILES string of the molecule is N#Cc1ccc(COc2n[c]c(F)cn2)c(F)c1. The van der Waals surface area contributed by atoms with Crippen molar-refractivity contribution in [2.45, 2.75) is 6.61 Å². The van der Waals surface area contributed by atoms with Gasteiger partial charge in [0.2, 0.25) is 0 Å². The van der Waals surface area contributed by atoms with Gasteiger partial charge >= 0.3 is 6.01 Å². The minimum absolute atomic E-state index is 0.0971. The van der Waals surface area contributed by atoms with Crippen LogP contribution >= 0.6 is 0 Å². The standard InChI is InChI=1S/C12H6F2N3O/c13-10-5-16-12(17-6-10)18-7-9-2-1-8(4-15)3-11(9)14/h1-3,5H,7H2. The molecular weight excluding hydrogens is 240 g/mol. The maximum Gasteiger partial charge on any atom is 0.317 e. The second-order valence-electron chi connectivity index (χ2n) is 3.32. The quantitative estimate of drug-likeness (QED) is 0.831. The zero-order chi connectivity index (χ0) is 13.0. The molecule has 0 saturated heterocycles. The zero-order valence-corrected chi connectivity index (χ0v) is 9.02. The van der Waals surface area contributed by atoms with Crippen LogP contribution in [0.15, 0.2) is 24.4 Å². The summed E-state index contributed by atoms with van der Waals surface area (Å²) in [5.74, 6) is -1.26. The Morgan fingerprint density at radius 1 is 1.39 bits per heavy atom. The molecule has 1 radical (unpaired) electrons. The minimum atomic E-state index is -0.702. The van der Waals surface area contributed by atoms with Crippen LogP contribution in [0, 0.1) is 29.2 Å². The number of halogens is 2. The van der Waals surface area contributed by atoms with E-state index in [1.807, 2.05) is 12.3 Å². The molecule has 0 aliphatic rings. The van der Waals surface area contributed by atoms with Gasteiger partial charge in [0.05, 0.1) is 17.8 Å². The van der Waals surface area contributed by atoms with E-state index in [2.05, 4.69) is 9.97 Å². The van der Waals surface area contributed by atoms with Crippen molar-refractivity contribution in [3.05, 3.63) is 53.4 Å². The maximum absolute atomic E-state index is 13.5. The molecule has 0 amide bonds. The van der Waals surface area contributed by atoms with E-state index in [4.69, 9.17) is 10.00 Å². The molecular formula is C12H6F2N3O. The summed E-state index contributed by atoms with van der Waals surface area (Å²) in [4.78, 5) is 6.99. The van der Waals surface area contributed by atoms with Crippen molar-refractivity contribution < 1.29 is 13.5 Å². The molecule has 0 bridgehead atoms. The van der Waals surface area contributed by atoms with E-state index in [1.165, 1.54) is 12.1 Å². The fraction of sp³-hybridized carbons (Fsp3) is 0.0833. The van der Waals surface area contributed by atoms with Crippen molar-refractivity contribution >= 4 is 0 Å². The first-order chi connectivity index (χ1) is 8.69. The molecule has 1 aromatic heterocycles. The first-order valence-electron chi connectivity index (χ1n) is 4.90. The second-order valence-corrected chi connectivity index (χ2v) is 3.32. The zero-order valence-electron chi connectivity index (χ0n) is 9.02. The minimum Gasteiger partial charge on any atom is -0.458 e. The molecule has 0 saturated carbocycles. The van der Waals surface area contributed by atoms with Crippen molar-refractivity contribution in [2.75, 3.05) is 0 Å². The van der Waals surface area contributed by atoms with Crippen molar-refractivity contribution in [1.29, 1.82) is 5.26 Å². The molecule has 0 spiro atoms. The molecule has 6 heteroatoms. The third-order valence-electron chi connectivity index (χ3n) is 2.09. The van der Waals surface area contributed by atoms with Gasteiger partial charge < -0.3 is 4.74 Å². The van der Waals surface area contributed by atoms with Crippen molar-refractivity contribution in [2.24, 2.45) is 0 Å². The summed E-state index contributed by atoms with van der Waals surface area (Å²) in [6.07, 6.45) is 2.93. The van der Waals surface area contributed by atoms with Gasteiger partial charge in [0.1, 0.15) is 18.6 Å².